The molecule has 0 rings (SSSR count). The minimum absolute atomic E-state index is 0. The Hall–Kier alpha value is 1.02. The van der Waals surface area contributed by atoms with Gasteiger partial charge in [-0.3, -0.25) is 0 Å². The van der Waals surface area contributed by atoms with Crippen molar-refractivity contribution in [3.63, 3.8) is 0 Å². The molecule has 0 radical (unpaired) electrons. The number of hydrogen-bond acceptors (Lipinski definition) is 1. The zero-order valence-electron chi connectivity index (χ0n) is 1.97. The van der Waals surface area contributed by atoms with Crippen LogP contribution in [-0.4, -0.2) is 3.42 Å². The van der Waals surface area contributed by atoms with E-state index in [1.807, 2.05) is 0 Å². The summed E-state index contributed by atoms with van der Waals surface area (Å²) in [5, 5.41) is 0. The van der Waals surface area contributed by atoms with E-state index >= 15 is 0 Å². The van der Waals surface area contributed by atoms with Gasteiger partial charge in [-0.25, -0.2) is 0 Å². The van der Waals surface area contributed by atoms with Gasteiger partial charge in [0, 0.05) is 17.1 Å². The van der Waals surface area contributed by atoms with Crippen LogP contribution >= 0.6 is 0 Å². The predicted molar refractivity (Wildman–Crippen MR) is 5.69 cm³/mol. The SMILES string of the molecule is O=[C]=[Cd].[Fe]. The molecule has 0 amide bonds. The molecule has 0 N–H and O–H groups in total. The molecule has 1 nitrogen and oxygen atoms in total. The maximum atomic E-state index is 8.76. The van der Waals surface area contributed by atoms with Gasteiger partial charge in [0.25, 0.3) is 0 Å². The van der Waals surface area contributed by atoms with Crippen LogP contribution < -0.4 is 0 Å². The van der Waals surface area contributed by atoms with E-state index in [0.717, 1.165) is 0 Å². The molecule has 3 heteroatoms. The molecule has 0 aliphatic rings. The standard InChI is InChI=1S/CO.Cd.Fe/c1-2;;. The van der Waals surface area contributed by atoms with Gasteiger partial charge in [0.1, 0.15) is 0 Å². The van der Waals surface area contributed by atoms with E-state index in [4.69, 9.17) is 4.79 Å². The van der Waals surface area contributed by atoms with Gasteiger partial charge >= 0.3 is 33.5 Å². The molecule has 0 heterocycles. The number of rotatable bonds is 0. The van der Waals surface area contributed by atoms with Crippen LogP contribution in [0.1, 0.15) is 0 Å². The molecule has 0 fully saturated rings. The van der Waals surface area contributed by atoms with Crippen molar-refractivity contribution in [2.45, 2.75) is 0 Å². The van der Waals surface area contributed by atoms with E-state index in [-0.39, 0.29) is 17.1 Å². The predicted octanol–water partition coefficient (Wildman–Crippen LogP) is -0.402. The van der Waals surface area contributed by atoms with Crippen molar-refractivity contribution in [1.29, 1.82) is 0 Å². The summed E-state index contributed by atoms with van der Waals surface area (Å²) >= 11 is 0.394. The van der Waals surface area contributed by atoms with Crippen molar-refractivity contribution >= 4 is 3.42 Å². The average molecular weight is 196 g/mol. The fraction of sp³-hybridized carbons (Fsp3) is 0. The van der Waals surface area contributed by atoms with Gasteiger partial charge < -0.3 is 0 Å². The first-order valence-corrected chi connectivity index (χ1v) is 2.58. The topological polar surface area (TPSA) is 17.1 Å². The summed E-state index contributed by atoms with van der Waals surface area (Å²) in [5.74, 6) is 0. The summed E-state index contributed by atoms with van der Waals surface area (Å²) in [7, 11) is 0. The maximum Gasteiger partial charge on any atom is 0 e. The molecule has 0 spiro atoms. The zero-order chi connectivity index (χ0) is 2.71. The summed E-state index contributed by atoms with van der Waals surface area (Å²) in [5.41, 5.74) is 0. The van der Waals surface area contributed by atoms with Gasteiger partial charge in [-0.1, -0.05) is 0 Å². The van der Waals surface area contributed by atoms with Gasteiger partial charge in [0.2, 0.25) is 0 Å². The molecule has 20 valence electrons. The van der Waals surface area contributed by atoms with Crippen molar-refractivity contribution in [1.82, 2.24) is 0 Å². The second kappa shape index (κ2) is 8.98. The second-order valence-corrected chi connectivity index (χ2v) is 0.968. The molecule has 0 saturated carbocycles. The third-order valence-corrected chi connectivity index (χ3v) is 0. The first-order chi connectivity index (χ1) is 1.41. The van der Waals surface area contributed by atoms with Crippen LogP contribution in [0.15, 0.2) is 0 Å². The Morgan fingerprint density at radius 1 is 1.75 bits per heavy atom. The van der Waals surface area contributed by atoms with Gasteiger partial charge in [-0.2, -0.15) is 0 Å². The minimum Gasteiger partial charge on any atom is 0 e. The van der Waals surface area contributed by atoms with Crippen LogP contribution in [0.3, 0.4) is 0 Å². The number of hydrogen-bond donors (Lipinski definition) is 0. The van der Waals surface area contributed by atoms with Crippen LogP contribution in [-0.2, 0) is 47.1 Å². The molecule has 0 aromatic carbocycles. The third kappa shape index (κ3) is 11.8. The van der Waals surface area contributed by atoms with Crippen LogP contribution in [0.2, 0.25) is 0 Å². The summed E-state index contributed by atoms with van der Waals surface area (Å²) < 4.78 is 1.67. The van der Waals surface area contributed by atoms with E-state index in [2.05, 4.69) is 0 Å². The van der Waals surface area contributed by atoms with Crippen LogP contribution in [0, 0.1) is 0 Å². The Kier molecular flexibility index (Phi) is 20.0. The average Bonchev–Trinajstić information content (AvgIpc) is 0.918. The van der Waals surface area contributed by atoms with Crippen molar-refractivity contribution in [2.24, 2.45) is 0 Å². The summed E-state index contributed by atoms with van der Waals surface area (Å²) in [6.45, 7) is 0. The molecule has 0 aliphatic carbocycles. The smallest absolute Gasteiger partial charge is 0 e. The van der Waals surface area contributed by atoms with Crippen LogP contribution in [0.25, 0.3) is 0 Å². The molecule has 0 aromatic rings. The third-order valence-electron chi connectivity index (χ3n) is 0. The monoisotopic (exact) mass is 198 g/mol. The number of carbonyl (C=O) groups excluding carboxylic acids is 1. The van der Waals surface area contributed by atoms with Crippen LogP contribution in [0.5, 0.6) is 0 Å². The van der Waals surface area contributed by atoms with E-state index in [0.29, 0.717) is 25.3 Å². The fourth-order valence-electron chi connectivity index (χ4n) is 0. The Labute approximate surface area is 50.4 Å². The molecule has 0 bridgehead atoms. The molecule has 0 atom stereocenters. The van der Waals surface area contributed by atoms with E-state index in [9.17, 15) is 0 Å². The van der Waals surface area contributed by atoms with E-state index in [1.54, 1.807) is 3.42 Å². The first kappa shape index (κ1) is 8.90. The zero-order valence-corrected chi connectivity index (χ0v) is 7.11. The van der Waals surface area contributed by atoms with E-state index in [1.165, 1.54) is 0 Å². The molecular formula is CCdFeO. The molecular weight excluding hydrogens is 196 g/mol. The van der Waals surface area contributed by atoms with Gasteiger partial charge in [-0.05, 0) is 0 Å². The molecule has 0 saturated heterocycles. The molecule has 0 aliphatic heterocycles. The van der Waals surface area contributed by atoms with Crippen molar-refractivity contribution in [3.05, 3.63) is 0 Å². The van der Waals surface area contributed by atoms with Crippen LogP contribution in [0.4, 0.5) is 0 Å². The van der Waals surface area contributed by atoms with Crippen molar-refractivity contribution < 1.29 is 47.1 Å². The molecule has 0 unspecified atom stereocenters. The fourth-order valence-corrected chi connectivity index (χ4v) is 0. The Balaban J connectivity index is 0. The quantitative estimate of drug-likeness (QED) is 0.482. The normalized spacial score (nSPS) is 2.50. The van der Waals surface area contributed by atoms with Gasteiger partial charge in [0.15, 0.2) is 0 Å². The van der Waals surface area contributed by atoms with Crippen molar-refractivity contribution in [3.8, 4) is 0 Å². The first-order valence-electron chi connectivity index (χ1n) is 0.558. The van der Waals surface area contributed by atoms with E-state index < -0.39 is 0 Å². The van der Waals surface area contributed by atoms with Crippen molar-refractivity contribution in [2.75, 3.05) is 0 Å². The molecule has 0 aromatic heterocycles. The maximum absolute atomic E-state index is 8.76. The second-order valence-electron chi connectivity index (χ2n) is 0.144. The Morgan fingerprint density at radius 3 is 1.75 bits per heavy atom. The van der Waals surface area contributed by atoms with Gasteiger partial charge in [-0.15, -0.1) is 0 Å². The summed E-state index contributed by atoms with van der Waals surface area (Å²) in [6.07, 6.45) is 0. The summed E-state index contributed by atoms with van der Waals surface area (Å²) in [4.78, 5) is 8.76. The largest absolute Gasteiger partial charge is 0 e. The van der Waals surface area contributed by atoms with Gasteiger partial charge in [0.05, 0.1) is 0 Å². The Bertz CT molecular complexity index is 29.0. The minimum atomic E-state index is 0. The Morgan fingerprint density at radius 2 is 1.75 bits per heavy atom. The molecule has 4 heavy (non-hydrogen) atoms. The summed E-state index contributed by atoms with van der Waals surface area (Å²) in [6, 6.07) is 0.